The quantitative estimate of drug-likeness (QED) is 0.714. The zero-order chi connectivity index (χ0) is 13.3. The van der Waals surface area contributed by atoms with E-state index in [9.17, 15) is 9.59 Å². The average Bonchev–Trinajstić information content (AvgIpc) is 3.06. The van der Waals surface area contributed by atoms with Crippen LogP contribution in [-0.2, 0) is 4.79 Å². The van der Waals surface area contributed by atoms with E-state index in [4.69, 9.17) is 10.8 Å². The van der Waals surface area contributed by atoms with Gasteiger partial charge in [0.15, 0.2) is 0 Å². The molecule has 0 atom stereocenters. The van der Waals surface area contributed by atoms with Gasteiger partial charge in [0.25, 0.3) is 5.91 Å². The van der Waals surface area contributed by atoms with Crippen LogP contribution in [0.1, 0.15) is 28.8 Å². The first-order valence-corrected chi connectivity index (χ1v) is 5.69. The molecule has 1 aromatic heterocycles. The van der Waals surface area contributed by atoms with Gasteiger partial charge in [-0.1, -0.05) is 0 Å². The number of nitrogens with one attached hydrogen (secondary N) is 1. The first kappa shape index (κ1) is 12.3. The van der Waals surface area contributed by atoms with Crippen molar-refractivity contribution in [3.63, 3.8) is 0 Å². The highest BCUT2D eigenvalue weighted by molar-refractivity contribution is 5.99. The van der Waals surface area contributed by atoms with Gasteiger partial charge in [-0.05, 0) is 31.4 Å². The summed E-state index contributed by atoms with van der Waals surface area (Å²) in [5, 5.41) is 12.0. The number of amides is 1. The Labute approximate surface area is 104 Å². The summed E-state index contributed by atoms with van der Waals surface area (Å²) in [4.78, 5) is 26.4. The molecule has 1 aliphatic rings. The Morgan fingerprint density at radius 2 is 2.22 bits per heavy atom. The van der Waals surface area contributed by atoms with Gasteiger partial charge in [0.2, 0.25) is 0 Å². The van der Waals surface area contributed by atoms with Crippen LogP contribution in [0.3, 0.4) is 0 Å². The van der Waals surface area contributed by atoms with Crippen LogP contribution in [0.15, 0.2) is 12.3 Å². The number of carbonyl (C=O) groups excluding carboxylic acids is 1. The van der Waals surface area contributed by atoms with E-state index >= 15 is 0 Å². The first-order valence-electron chi connectivity index (χ1n) is 5.69. The number of aliphatic carboxylic acids is 1. The molecule has 0 aromatic carbocycles. The van der Waals surface area contributed by atoms with Crippen LogP contribution in [0.4, 0.5) is 5.82 Å². The lowest BCUT2D eigenvalue weighted by Gasteiger charge is -2.14. The summed E-state index contributed by atoms with van der Waals surface area (Å²) in [6.45, 7) is 2.02. The van der Waals surface area contributed by atoms with Gasteiger partial charge in [-0.3, -0.25) is 9.59 Å². The first-order chi connectivity index (χ1) is 8.46. The second kappa shape index (κ2) is 4.29. The van der Waals surface area contributed by atoms with E-state index in [1.165, 1.54) is 0 Å². The van der Waals surface area contributed by atoms with Crippen LogP contribution in [-0.4, -0.2) is 28.5 Å². The Morgan fingerprint density at radius 1 is 1.56 bits per heavy atom. The van der Waals surface area contributed by atoms with Crippen LogP contribution < -0.4 is 11.1 Å². The van der Waals surface area contributed by atoms with Crippen LogP contribution >= 0.6 is 0 Å². The molecule has 18 heavy (non-hydrogen) atoms. The van der Waals surface area contributed by atoms with Crippen molar-refractivity contribution in [2.45, 2.75) is 19.8 Å². The highest BCUT2D eigenvalue weighted by Crippen LogP contribution is 2.45. The fourth-order valence-corrected chi connectivity index (χ4v) is 1.87. The van der Waals surface area contributed by atoms with E-state index in [0.29, 0.717) is 24.2 Å². The minimum Gasteiger partial charge on any atom is -0.481 e. The van der Waals surface area contributed by atoms with Gasteiger partial charge in [0, 0.05) is 12.7 Å². The molecule has 1 fully saturated rings. The van der Waals surface area contributed by atoms with Crippen molar-refractivity contribution < 1.29 is 14.7 Å². The minimum absolute atomic E-state index is 0.263. The third kappa shape index (κ3) is 2.13. The Balaban J connectivity index is 2.17. The Kier molecular flexibility index (Phi) is 2.94. The SMILES string of the molecule is Cc1ccnc(NCC2(C(=O)O)CC2)c1C(N)=O. The third-order valence-electron chi connectivity index (χ3n) is 3.31. The summed E-state index contributed by atoms with van der Waals surface area (Å²) >= 11 is 0. The number of hydrogen-bond acceptors (Lipinski definition) is 4. The standard InChI is InChI=1S/C12H15N3O3/c1-7-2-5-14-10(8(7)9(13)16)15-6-12(3-4-12)11(17)18/h2,5H,3-4,6H2,1H3,(H2,13,16)(H,14,15)(H,17,18). The second-order valence-electron chi connectivity index (χ2n) is 4.65. The van der Waals surface area contributed by atoms with Gasteiger partial charge >= 0.3 is 5.97 Å². The molecule has 1 amide bonds. The number of rotatable bonds is 5. The number of aromatic nitrogens is 1. The molecule has 6 nitrogen and oxygen atoms in total. The van der Waals surface area contributed by atoms with Crippen molar-refractivity contribution >= 4 is 17.7 Å². The maximum absolute atomic E-state index is 11.3. The van der Waals surface area contributed by atoms with Gasteiger partial charge in [0.1, 0.15) is 5.82 Å². The summed E-state index contributed by atoms with van der Waals surface area (Å²) < 4.78 is 0. The summed E-state index contributed by atoms with van der Waals surface area (Å²) in [5.74, 6) is -1.03. The normalized spacial score (nSPS) is 16.1. The third-order valence-corrected chi connectivity index (χ3v) is 3.31. The monoisotopic (exact) mass is 249 g/mol. The number of nitrogens with zero attached hydrogens (tertiary/aromatic N) is 1. The number of carbonyl (C=O) groups is 2. The van der Waals surface area contributed by atoms with Gasteiger partial charge in [-0.15, -0.1) is 0 Å². The molecule has 0 radical (unpaired) electrons. The maximum Gasteiger partial charge on any atom is 0.311 e. The molecule has 1 aliphatic carbocycles. The highest BCUT2D eigenvalue weighted by Gasteiger charge is 2.50. The summed E-state index contributed by atoms with van der Waals surface area (Å²) in [6.07, 6.45) is 2.85. The van der Waals surface area contributed by atoms with E-state index in [0.717, 1.165) is 5.56 Å². The van der Waals surface area contributed by atoms with Crippen molar-refractivity contribution in [2.75, 3.05) is 11.9 Å². The molecule has 0 spiro atoms. The fraction of sp³-hybridized carbons (Fsp3) is 0.417. The summed E-state index contributed by atoms with van der Waals surface area (Å²) in [6, 6.07) is 1.69. The van der Waals surface area contributed by atoms with E-state index in [1.54, 1.807) is 19.2 Å². The van der Waals surface area contributed by atoms with Crippen LogP contribution in [0.2, 0.25) is 0 Å². The number of hydrogen-bond donors (Lipinski definition) is 3. The van der Waals surface area contributed by atoms with Gasteiger partial charge < -0.3 is 16.2 Å². The van der Waals surface area contributed by atoms with Crippen molar-refractivity contribution in [1.29, 1.82) is 0 Å². The number of aryl methyl sites for hydroxylation is 1. The molecule has 2 rings (SSSR count). The van der Waals surface area contributed by atoms with Crippen molar-refractivity contribution in [2.24, 2.45) is 11.1 Å². The lowest BCUT2D eigenvalue weighted by atomic mass is 10.1. The smallest absolute Gasteiger partial charge is 0.311 e. The molecule has 96 valence electrons. The van der Waals surface area contributed by atoms with E-state index in [1.807, 2.05) is 0 Å². The molecule has 0 unspecified atom stereocenters. The predicted molar refractivity (Wildman–Crippen MR) is 65.3 cm³/mol. The lowest BCUT2D eigenvalue weighted by molar-refractivity contribution is -0.142. The van der Waals surface area contributed by atoms with Crippen LogP contribution in [0, 0.1) is 12.3 Å². The molecule has 0 bridgehead atoms. The van der Waals surface area contributed by atoms with E-state index in [-0.39, 0.29) is 6.54 Å². The molecule has 4 N–H and O–H groups in total. The lowest BCUT2D eigenvalue weighted by Crippen LogP contribution is -2.26. The second-order valence-corrected chi connectivity index (χ2v) is 4.65. The molecule has 1 saturated carbocycles. The number of pyridine rings is 1. The number of carboxylic acids is 1. The largest absolute Gasteiger partial charge is 0.481 e. The number of nitrogens with two attached hydrogens (primary N) is 1. The molecule has 0 aliphatic heterocycles. The zero-order valence-corrected chi connectivity index (χ0v) is 10.1. The number of anilines is 1. The fourth-order valence-electron chi connectivity index (χ4n) is 1.87. The van der Waals surface area contributed by atoms with Crippen LogP contribution in [0.25, 0.3) is 0 Å². The molecule has 1 aromatic rings. The maximum atomic E-state index is 11.3. The van der Waals surface area contributed by atoms with Crippen molar-refractivity contribution in [1.82, 2.24) is 4.98 Å². The van der Waals surface area contributed by atoms with Crippen molar-refractivity contribution in [3.05, 3.63) is 23.4 Å². The minimum atomic E-state index is -0.816. The predicted octanol–water partition coefficient (Wildman–Crippen LogP) is 0.766. The Hall–Kier alpha value is -2.11. The van der Waals surface area contributed by atoms with E-state index in [2.05, 4.69) is 10.3 Å². The topological polar surface area (TPSA) is 105 Å². The van der Waals surface area contributed by atoms with Gasteiger partial charge in [0.05, 0.1) is 11.0 Å². The van der Waals surface area contributed by atoms with Crippen LogP contribution in [0.5, 0.6) is 0 Å². The van der Waals surface area contributed by atoms with Gasteiger partial charge in [-0.25, -0.2) is 4.98 Å². The molecular formula is C12H15N3O3. The van der Waals surface area contributed by atoms with Crippen molar-refractivity contribution in [3.8, 4) is 0 Å². The molecule has 0 saturated heterocycles. The molecule has 6 heteroatoms. The highest BCUT2D eigenvalue weighted by atomic mass is 16.4. The summed E-state index contributed by atoms with van der Waals surface area (Å²) in [5.41, 5.74) is 5.63. The van der Waals surface area contributed by atoms with E-state index < -0.39 is 17.3 Å². The Bertz CT molecular complexity index is 509. The average molecular weight is 249 g/mol. The number of primary amides is 1. The summed E-state index contributed by atoms with van der Waals surface area (Å²) in [7, 11) is 0. The Morgan fingerprint density at radius 3 is 2.72 bits per heavy atom. The molecule has 1 heterocycles. The molecular weight excluding hydrogens is 234 g/mol. The zero-order valence-electron chi connectivity index (χ0n) is 10.1. The number of carboxylic acid groups (broad SMARTS) is 1. The van der Waals surface area contributed by atoms with Gasteiger partial charge in [-0.2, -0.15) is 0 Å².